The van der Waals surface area contributed by atoms with Crippen LogP contribution in [0.25, 0.3) is 0 Å². The van der Waals surface area contributed by atoms with E-state index in [1.54, 1.807) is 17.6 Å². The first-order chi connectivity index (χ1) is 11.5. The van der Waals surface area contributed by atoms with E-state index in [-0.39, 0.29) is 11.0 Å². The third-order valence-corrected chi connectivity index (χ3v) is 3.52. The molecule has 25 heavy (non-hydrogen) atoms. The Balaban J connectivity index is 2.18. The number of nitrogens with one attached hydrogen (secondary N) is 2. The van der Waals surface area contributed by atoms with E-state index in [0.29, 0.717) is 0 Å². The van der Waals surface area contributed by atoms with E-state index in [1.807, 2.05) is 26.2 Å². The fourth-order valence-corrected chi connectivity index (χ4v) is 2.03. The van der Waals surface area contributed by atoms with E-state index in [0.717, 1.165) is 5.56 Å². The van der Waals surface area contributed by atoms with E-state index in [4.69, 9.17) is 0 Å². The Bertz CT molecular complexity index is 784. The molecule has 2 aromatic carbocycles. The van der Waals surface area contributed by atoms with Crippen molar-refractivity contribution in [3.05, 3.63) is 64.5 Å². The lowest BCUT2D eigenvalue weighted by Crippen LogP contribution is -2.31. The van der Waals surface area contributed by atoms with E-state index in [2.05, 4.69) is 0 Å². The number of carbonyl (C=O) groups is 1. The number of hydrazine groups is 1. The number of hydrogen-bond donors (Lipinski definition) is 2. The first-order valence-electron chi connectivity index (χ1n) is 7.22. The van der Waals surface area contributed by atoms with Gasteiger partial charge in [-0.15, -0.1) is 0 Å². The second kappa shape index (κ2) is 6.70. The van der Waals surface area contributed by atoms with Gasteiger partial charge in [0.25, 0.3) is 5.91 Å². The van der Waals surface area contributed by atoms with Crippen molar-refractivity contribution in [2.75, 3.05) is 5.43 Å². The fraction of sp³-hybridized carbons (Fsp3) is 0.235. The molecule has 2 rings (SSSR count). The molecule has 8 heteroatoms. The number of halogens is 5. The highest BCUT2D eigenvalue weighted by Gasteiger charge is 2.26. The maximum Gasteiger partial charge on any atom is 0.269 e. The van der Waals surface area contributed by atoms with E-state index >= 15 is 0 Å². The normalized spacial score (nSPS) is 11.4. The lowest BCUT2D eigenvalue weighted by molar-refractivity contribution is 0.0962. The Kier molecular flexibility index (Phi) is 5.01. The van der Waals surface area contributed by atoms with Crippen LogP contribution in [-0.4, -0.2) is 5.91 Å². The zero-order chi connectivity index (χ0) is 18.9. The SMILES string of the molecule is CC(C)(C)c1ccc(C(=O)NNc2c(F)c(F)c(F)c(F)c2F)cc1. The molecule has 0 saturated heterocycles. The molecule has 0 aromatic heterocycles. The number of amides is 1. The predicted octanol–water partition coefficient (Wildman–Crippen LogP) is 4.44. The summed E-state index contributed by atoms with van der Waals surface area (Å²) in [6.45, 7) is 5.94. The number of carbonyl (C=O) groups excluding carboxylic acids is 1. The third kappa shape index (κ3) is 3.72. The molecule has 0 spiro atoms. The van der Waals surface area contributed by atoms with Gasteiger partial charge in [-0.25, -0.2) is 22.0 Å². The van der Waals surface area contributed by atoms with Gasteiger partial charge in [-0.3, -0.25) is 15.6 Å². The van der Waals surface area contributed by atoms with Gasteiger partial charge in [0.2, 0.25) is 5.82 Å². The van der Waals surface area contributed by atoms with Crippen molar-refractivity contribution in [2.45, 2.75) is 26.2 Å². The Hall–Kier alpha value is -2.64. The van der Waals surface area contributed by atoms with Crippen molar-refractivity contribution in [3.63, 3.8) is 0 Å². The minimum atomic E-state index is -2.27. The molecular weight excluding hydrogens is 343 g/mol. The van der Waals surface area contributed by atoms with Crippen LogP contribution in [0.5, 0.6) is 0 Å². The highest BCUT2D eigenvalue weighted by molar-refractivity contribution is 5.94. The second-order valence-corrected chi connectivity index (χ2v) is 6.35. The quantitative estimate of drug-likeness (QED) is 0.369. The lowest BCUT2D eigenvalue weighted by Gasteiger charge is -2.19. The molecule has 3 nitrogen and oxygen atoms in total. The van der Waals surface area contributed by atoms with E-state index < -0.39 is 40.7 Å². The van der Waals surface area contributed by atoms with Crippen LogP contribution < -0.4 is 10.9 Å². The zero-order valence-electron chi connectivity index (χ0n) is 13.6. The summed E-state index contributed by atoms with van der Waals surface area (Å²) in [4.78, 5) is 12.0. The maximum absolute atomic E-state index is 13.5. The summed E-state index contributed by atoms with van der Waals surface area (Å²) in [5, 5.41) is 0. The third-order valence-electron chi connectivity index (χ3n) is 3.52. The molecule has 1 amide bonds. The van der Waals surface area contributed by atoms with Crippen molar-refractivity contribution >= 4 is 11.6 Å². The largest absolute Gasteiger partial charge is 0.293 e. The van der Waals surface area contributed by atoms with Crippen LogP contribution in [0.4, 0.5) is 27.6 Å². The van der Waals surface area contributed by atoms with Gasteiger partial charge in [0, 0.05) is 5.56 Å². The molecule has 0 fully saturated rings. The van der Waals surface area contributed by atoms with E-state index in [9.17, 15) is 26.7 Å². The van der Waals surface area contributed by atoms with Gasteiger partial charge in [0.1, 0.15) is 5.69 Å². The lowest BCUT2D eigenvalue weighted by atomic mass is 9.87. The average Bonchev–Trinajstić information content (AvgIpc) is 2.57. The zero-order valence-corrected chi connectivity index (χ0v) is 13.6. The Morgan fingerprint density at radius 3 is 1.68 bits per heavy atom. The summed E-state index contributed by atoms with van der Waals surface area (Å²) in [6, 6.07) is 6.37. The van der Waals surface area contributed by atoms with Gasteiger partial charge in [-0.1, -0.05) is 32.9 Å². The van der Waals surface area contributed by atoms with Gasteiger partial charge >= 0.3 is 0 Å². The molecule has 0 heterocycles. The van der Waals surface area contributed by atoms with Crippen molar-refractivity contribution in [1.82, 2.24) is 5.43 Å². The van der Waals surface area contributed by atoms with Crippen LogP contribution in [0.3, 0.4) is 0 Å². The van der Waals surface area contributed by atoms with Gasteiger partial charge in [-0.05, 0) is 23.1 Å². The van der Waals surface area contributed by atoms with Crippen molar-refractivity contribution in [1.29, 1.82) is 0 Å². The van der Waals surface area contributed by atoms with Gasteiger partial charge in [0.05, 0.1) is 0 Å². The summed E-state index contributed by atoms with van der Waals surface area (Å²) in [7, 11) is 0. The molecule has 0 unspecified atom stereocenters. The summed E-state index contributed by atoms with van der Waals surface area (Å²) in [5.74, 6) is -11.4. The molecule has 134 valence electrons. The van der Waals surface area contributed by atoms with Crippen LogP contribution in [-0.2, 0) is 5.41 Å². The summed E-state index contributed by atoms with van der Waals surface area (Å²) in [6.07, 6.45) is 0. The molecule has 0 aliphatic carbocycles. The van der Waals surface area contributed by atoms with Crippen molar-refractivity contribution in [2.24, 2.45) is 0 Å². The van der Waals surface area contributed by atoms with Gasteiger partial charge in [0.15, 0.2) is 23.3 Å². The number of anilines is 1. The minimum absolute atomic E-state index is 0.136. The van der Waals surface area contributed by atoms with Gasteiger partial charge in [-0.2, -0.15) is 0 Å². The molecule has 2 aromatic rings. The monoisotopic (exact) mass is 358 g/mol. The summed E-state index contributed by atoms with van der Waals surface area (Å²) < 4.78 is 66.1. The topological polar surface area (TPSA) is 41.1 Å². The Morgan fingerprint density at radius 2 is 1.24 bits per heavy atom. The highest BCUT2D eigenvalue weighted by atomic mass is 19.2. The smallest absolute Gasteiger partial charge is 0.269 e. The second-order valence-electron chi connectivity index (χ2n) is 6.35. The van der Waals surface area contributed by atoms with Crippen LogP contribution in [0.2, 0.25) is 0 Å². The Morgan fingerprint density at radius 1 is 0.800 bits per heavy atom. The molecule has 0 saturated carbocycles. The van der Waals surface area contributed by atoms with Crippen molar-refractivity contribution < 1.29 is 26.7 Å². The van der Waals surface area contributed by atoms with Crippen molar-refractivity contribution in [3.8, 4) is 0 Å². The predicted molar refractivity (Wildman–Crippen MR) is 82.5 cm³/mol. The molecular formula is C17H15F5N2O. The highest BCUT2D eigenvalue weighted by Crippen LogP contribution is 2.26. The number of benzene rings is 2. The fourth-order valence-electron chi connectivity index (χ4n) is 2.03. The first kappa shape index (κ1) is 18.7. The van der Waals surface area contributed by atoms with Crippen LogP contribution in [0.15, 0.2) is 24.3 Å². The molecule has 2 N–H and O–H groups in total. The van der Waals surface area contributed by atoms with Gasteiger partial charge < -0.3 is 0 Å². The molecule has 0 atom stereocenters. The Labute approximate surface area is 140 Å². The number of rotatable bonds is 3. The molecule has 0 aliphatic heterocycles. The first-order valence-corrected chi connectivity index (χ1v) is 7.22. The average molecular weight is 358 g/mol. The molecule has 0 aliphatic rings. The summed E-state index contributed by atoms with van der Waals surface area (Å²) >= 11 is 0. The standard InChI is InChI=1S/C17H15F5N2O/c1-17(2,3)9-6-4-8(5-7-9)16(25)24-23-15-13(21)11(19)10(18)12(20)14(15)22/h4-7,23H,1-3H3,(H,24,25). The van der Waals surface area contributed by atoms with E-state index in [1.165, 1.54) is 12.1 Å². The summed E-state index contributed by atoms with van der Waals surface area (Å²) in [5.41, 5.74) is 3.27. The van der Waals surface area contributed by atoms with Crippen LogP contribution in [0, 0.1) is 29.1 Å². The molecule has 0 bridgehead atoms. The van der Waals surface area contributed by atoms with Crippen LogP contribution >= 0.6 is 0 Å². The number of hydrogen-bond acceptors (Lipinski definition) is 2. The maximum atomic E-state index is 13.5. The minimum Gasteiger partial charge on any atom is -0.293 e. The van der Waals surface area contributed by atoms with Crippen LogP contribution in [0.1, 0.15) is 36.7 Å². The molecule has 0 radical (unpaired) electrons.